The molecule has 0 aliphatic carbocycles. The molecule has 2 N–H and O–H groups in total. The van der Waals surface area contributed by atoms with E-state index in [1.165, 1.54) is 11.3 Å². The number of aromatic nitrogens is 1. The molecular weight excluding hydrogens is 314 g/mol. The van der Waals surface area contributed by atoms with Crippen LogP contribution in [0.3, 0.4) is 0 Å². The minimum absolute atomic E-state index is 0.102. The molecular formula is C12H13N3O2S3. The number of thiazole rings is 1. The second-order valence-corrected chi connectivity index (χ2v) is 8.35. The van der Waals surface area contributed by atoms with Crippen molar-refractivity contribution in [1.82, 2.24) is 10.3 Å². The zero-order valence-corrected chi connectivity index (χ0v) is 12.9. The van der Waals surface area contributed by atoms with Crippen molar-refractivity contribution in [3.8, 4) is 0 Å². The summed E-state index contributed by atoms with van der Waals surface area (Å²) in [4.78, 5) is 4.42. The Hall–Kier alpha value is -1.25. The summed E-state index contributed by atoms with van der Waals surface area (Å²) < 4.78 is 23.9. The molecule has 2 heterocycles. The van der Waals surface area contributed by atoms with Crippen molar-refractivity contribution in [3.05, 3.63) is 24.3 Å². The van der Waals surface area contributed by atoms with Crippen LogP contribution < -0.4 is 10.6 Å². The Bertz CT molecular complexity index is 721. The van der Waals surface area contributed by atoms with Gasteiger partial charge in [0.25, 0.3) is 0 Å². The predicted octanol–water partition coefficient (Wildman–Crippen LogP) is 1.77. The molecule has 1 aromatic carbocycles. The molecule has 0 spiro atoms. The van der Waals surface area contributed by atoms with Crippen LogP contribution >= 0.6 is 23.6 Å². The van der Waals surface area contributed by atoms with Crippen LogP contribution in [0, 0.1) is 0 Å². The first-order valence-electron chi connectivity index (χ1n) is 6.15. The van der Waals surface area contributed by atoms with Crippen molar-refractivity contribution in [3.63, 3.8) is 0 Å². The van der Waals surface area contributed by atoms with Crippen molar-refractivity contribution in [2.24, 2.45) is 0 Å². The van der Waals surface area contributed by atoms with E-state index in [2.05, 4.69) is 15.6 Å². The van der Waals surface area contributed by atoms with E-state index >= 15 is 0 Å². The molecule has 20 heavy (non-hydrogen) atoms. The molecule has 0 amide bonds. The lowest BCUT2D eigenvalue weighted by Gasteiger charge is -2.13. The summed E-state index contributed by atoms with van der Waals surface area (Å²) in [7, 11) is -2.90. The highest BCUT2D eigenvalue weighted by Crippen LogP contribution is 2.25. The predicted molar refractivity (Wildman–Crippen MR) is 86.0 cm³/mol. The lowest BCUT2D eigenvalue weighted by molar-refractivity contribution is 0.600. The van der Waals surface area contributed by atoms with Crippen molar-refractivity contribution in [2.45, 2.75) is 12.5 Å². The Morgan fingerprint density at radius 2 is 2.20 bits per heavy atom. The largest absolute Gasteiger partial charge is 0.359 e. The fourth-order valence-corrected chi connectivity index (χ4v) is 5.02. The molecule has 1 fully saturated rings. The van der Waals surface area contributed by atoms with Gasteiger partial charge in [-0.05, 0) is 30.8 Å². The van der Waals surface area contributed by atoms with Crippen LogP contribution in [0.25, 0.3) is 10.2 Å². The number of anilines is 1. The molecule has 1 aliphatic rings. The Morgan fingerprint density at radius 3 is 2.90 bits per heavy atom. The smallest absolute Gasteiger partial charge is 0.190 e. The molecule has 1 aliphatic heterocycles. The van der Waals surface area contributed by atoms with Crippen LogP contribution in [-0.4, -0.2) is 36.1 Å². The fraction of sp³-hybridized carbons (Fsp3) is 0.333. The van der Waals surface area contributed by atoms with Gasteiger partial charge in [0.2, 0.25) is 0 Å². The second-order valence-electron chi connectivity index (χ2n) is 4.69. The van der Waals surface area contributed by atoms with Crippen LogP contribution in [0.2, 0.25) is 0 Å². The number of fused-ring (bicyclic) bond motifs is 1. The summed E-state index contributed by atoms with van der Waals surface area (Å²) in [6, 6.07) is 7.74. The molecule has 0 unspecified atom stereocenters. The number of sulfone groups is 1. The third kappa shape index (κ3) is 3.08. The maximum atomic E-state index is 11.4. The lowest BCUT2D eigenvalue weighted by Crippen LogP contribution is -2.38. The number of nitrogens with one attached hydrogen (secondary N) is 2. The highest BCUT2D eigenvalue weighted by Gasteiger charge is 2.28. The highest BCUT2D eigenvalue weighted by molar-refractivity contribution is 7.91. The molecule has 1 atom stereocenters. The highest BCUT2D eigenvalue weighted by atomic mass is 32.2. The summed E-state index contributed by atoms with van der Waals surface area (Å²) >= 11 is 6.72. The SMILES string of the molecule is O=S1(=O)CC[C@@H](NC(=S)Nc2nc3ccccc3s2)C1. The number of nitrogens with zero attached hydrogens (tertiary/aromatic N) is 1. The van der Waals surface area contributed by atoms with Crippen LogP contribution in [0.1, 0.15) is 6.42 Å². The number of rotatable bonds is 2. The van der Waals surface area contributed by atoms with Gasteiger partial charge in [0.05, 0.1) is 21.7 Å². The first-order chi connectivity index (χ1) is 9.52. The second kappa shape index (κ2) is 5.27. The summed E-state index contributed by atoms with van der Waals surface area (Å²) in [6.45, 7) is 0. The number of hydrogen-bond acceptors (Lipinski definition) is 5. The minimum Gasteiger partial charge on any atom is -0.359 e. The van der Waals surface area contributed by atoms with Crippen molar-refractivity contribution >= 4 is 53.9 Å². The first kappa shape index (κ1) is 13.7. The first-order valence-corrected chi connectivity index (χ1v) is 9.20. The van der Waals surface area contributed by atoms with Gasteiger partial charge >= 0.3 is 0 Å². The van der Waals surface area contributed by atoms with Gasteiger partial charge in [-0.3, -0.25) is 0 Å². The van der Waals surface area contributed by atoms with Gasteiger partial charge in [-0.2, -0.15) is 0 Å². The van der Waals surface area contributed by atoms with E-state index in [1.807, 2.05) is 24.3 Å². The van der Waals surface area contributed by atoms with E-state index in [1.54, 1.807) is 0 Å². The Labute approximate surface area is 126 Å². The third-order valence-corrected chi connectivity index (χ3v) is 6.02. The standard InChI is InChI=1S/C12H13N3O2S3/c16-20(17)6-5-8(7-20)13-11(18)15-12-14-9-3-1-2-4-10(9)19-12/h1-4,8H,5-7H2,(H2,13,14,15,18)/t8-/m1/s1. The van der Waals surface area contributed by atoms with E-state index < -0.39 is 9.84 Å². The van der Waals surface area contributed by atoms with E-state index in [4.69, 9.17) is 12.2 Å². The van der Waals surface area contributed by atoms with Crippen LogP contribution in [0.15, 0.2) is 24.3 Å². The number of benzene rings is 1. The fourth-order valence-electron chi connectivity index (χ4n) is 2.15. The van der Waals surface area contributed by atoms with E-state index in [0.717, 1.165) is 10.2 Å². The average Bonchev–Trinajstić information content (AvgIpc) is 2.91. The maximum Gasteiger partial charge on any atom is 0.190 e. The van der Waals surface area contributed by atoms with E-state index in [0.29, 0.717) is 16.7 Å². The summed E-state index contributed by atoms with van der Waals surface area (Å²) in [5, 5.41) is 7.19. The quantitative estimate of drug-likeness (QED) is 0.819. The van der Waals surface area contributed by atoms with Gasteiger partial charge in [-0.25, -0.2) is 13.4 Å². The van der Waals surface area contributed by atoms with Gasteiger partial charge in [-0.15, -0.1) is 0 Å². The molecule has 0 radical (unpaired) electrons. The molecule has 1 aromatic heterocycles. The van der Waals surface area contributed by atoms with Gasteiger partial charge in [-0.1, -0.05) is 23.5 Å². The molecule has 0 saturated carbocycles. The zero-order valence-electron chi connectivity index (χ0n) is 10.5. The van der Waals surface area contributed by atoms with Gasteiger partial charge in [0.15, 0.2) is 20.1 Å². The topological polar surface area (TPSA) is 71.1 Å². The van der Waals surface area contributed by atoms with Crippen molar-refractivity contribution in [2.75, 3.05) is 16.8 Å². The minimum atomic E-state index is -2.90. The van der Waals surface area contributed by atoms with Crippen LogP contribution in [0.5, 0.6) is 0 Å². The van der Waals surface area contributed by atoms with Crippen LogP contribution in [-0.2, 0) is 9.84 Å². The summed E-state index contributed by atoms with van der Waals surface area (Å²) in [5.41, 5.74) is 0.922. The molecule has 106 valence electrons. The molecule has 5 nitrogen and oxygen atoms in total. The van der Waals surface area contributed by atoms with E-state index in [9.17, 15) is 8.42 Å². The monoisotopic (exact) mass is 327 g/mol. The number of para-hydroxylation sites is 1. The van der Waals surface area contributed by atoms with Crippen molar-refractivity contribution < 1.29 is 8.42 Å². The molecule has 1 saturated heterocycles. The van der Waals surface area contributed by atoms with Gasteiger partial charge in [0, 0.05) is 6.04 Å². The number of hydrogen-bond donors (Lipinski definition) is 2. The Balaban J connectivity index is 1.64. The van der Waals surface area contributed by atoms with Crippen molar-refractivity contribution in [1.29, 1.82) is 0 Å². The maximum absolute atomic E-state index is 11.4. The number of thiocarbonyl (C=S) groups is 1. The average molecular weight is 327 g/mol. The summed E-state index contributed by atoms with van der Waals surface area (Å²) in [5.74, 6) is 0.378. The Kier molecular flexibility index (Phi) is 3.61. The third-order valence-electron chi connectivity index (χ3n) is 3.08. The molecule has 0 bridgehead atoms. The normalized spacial score (nSPS) is 20.9. The summed E-state index contributed by atoms with van der Waals surface area (Å²) in [6.07, 6.45) is 0.601. The molecule has 3 rings (SSSR count). The van der Waals surface area contributed by atoms with Crippen LogP contribution in [0.4, 0.5) is 5.13 Å². The van der Waals surface area contributed by atoms with Gasteiger partial charge in [0.1, 0.15) is 0 Å². The lowest BCUT2D eigenvalue weighted by atomic mass is 10.3. The Morgan fingerprint density at radius 1 is 1.40 bits per heavy atom. The van der Waals surface area contributed by atoms with Gasteiger partial charge < -0.3 is 10.6 Å². The molecule has 2 aromatic rings. The molecule has 8 heteroatoms. The zero-order chi connectivity index (χ0) is 14.2. The van der Waals surface area contributed by atoms with E-state index in [-0.39, 0.29) is 17.5 Å².